The molecule has 0 saturated carbocycles. The zero-order chi connectivity index (χ0) is 12.4. The van der Waals surface area contributed by atoms with Gasteiger partial charge in [-0.25, -0.2) is 0 Å². The number of carbonyl (C=O) groups excluding carboxylic acids is 1. The highest BCUT2D eigenvalue weighted by Crippen LogP contribution is 2.35. The SMILES string of the molecule is C=CC1CC(=O)N(c2cc(OC)ccc2O)C1. The first kappa shape index (κ1) is 11.5. The molecule has 1 aliphatic heterocycles. The Bertz CT molecular complexity index is 456. The van der Waals surface area contributed by atoms with Crippen molar-refractivity contribution >= 4 is 11.6 Å². The third kappa shape index (κ3) is 2.11. The first-order chi connectivity index (χ1) is 8.15. The maximum Gasteiger partial charge on any atom is 0.227 e. The van der Waals surface area contributed by atoms with E-state index < -0.39 is 0 Å². The predicted molar refractivity (Wildman–Crippen MR) is 65.3 cm³/mol. The van der Waals surface area contributed by atoms with Crippen LogP contribution in [0.3, 0.4) is 0 Å². The lowest BCUT2D eigenvalue weighted by molar-refractivity contribution is -0.117. The minimum absolute atomic E-state index is 0.00143. The number of methoxy groups -OCH3 is 1. The van der Waals surface area contributed by atoms with Gasteiger partial charge in [0.25, 0.3) is 0 Å². The average molecular weight is 233 g/mol. The second-order valence-electron chi connectivity index (χ2n) is 4.06. The summed E-state index contributed by atoms with van der Waals surface area (Å²) in [5, 5.41) is 9.79. The van der Waals surface area contributed by atoms with E-state index in [4.69, 9.17) is 4.74 Å². The van der Waals surface area contributed by atoms with Crippen molar-refractivity contribution in [1.82, 2.24) is 0 Å². The number of hydrogen-bond acceptors (Lipinski definition) is 3. The van der Waals surface area contributed by atoms with Crippen molar-refractivity contribution in [2.45, 2.75) is 6.42 Å². The van der Waals surface area contributed by atoms with Gasteiger partial charge < -0.3 is 14.7 Å². The smallest absolute Gasteiger partial charge is 0.227 e. The van der Waals surface area contributed by atoms with E-state index in [1.54, 1.807) is 30.2 Å². The molecule has 0 spiro atoms. The van der Waals surface area contributed by atoms with Crippen LogP contribution in [-0.2, 0) is 4.79 Å². The Morgan fingerprint density at radius 1 is 1.59 bits per heavy atom. The zero-order valence-corrected chi connectivity index (χ0v) is 9.72. The van der Waals surface area contributed by atoms with Crippen LogP contribution in [0.4, 0.5) is 5.69 Å². The number of anilines is 1. The molecule has 4 heteroatoms. The Kier molecular flexibility index (Phi) is 3.04. The van der Waals surface area contributed by atoms with Crippen LogP contribution in [0, 0.1) is 5.92 Å². The van der Waals surface area contributed by atoms with Gasteiger partial charge in [-0.05, 0) is 12.1 Å². The van der Waals surface area contributed by atoms with Crippen molar-refractivity contribution in [1.29, 1.82) is 0 Å². The van der Waals surface area contributed by atoms with Crippen molar-refractivity contribution < 1.29 is 14.6 Å². The molecule has 0 bridgehead atoms. The molecule has 1 saturated heterocycles. The van der Waals surface area contributed by atoms with Gasteiger partial charge >= 0.3 is 0 Å². The number of ether oxygens (including phenoxy) is 1. The molecule has 1 aliphatic rings. The molecule has 1 heterocycles. The number of nitrogens with zero attached hydrogens (tertiary/aromatic N) is 1. The highest BCUT2D eigenvalue weighted by molar-refractivity contribution is 5.97. The van der Waals surface area contributed by atoms with Gasteiger partial charge in [-0.15, -0.1) is 6.58 Å². The van der Waals surface area contributed by atoms with Crippen LogP contribution in [0.5, 0.6) is 11.5 Å². The Balaban J connectivity index is 2.33. The fraction of sp³-hybridized carbons (Fsp3) is 0.308. The molecule has 2 rings (SSSR count). The summed E-state index contributed by atoms with van der Waals surface area (Å²) in [5.41, 5.74) is 0.499. The molecule has 0 radical (unpaired) electrons. The summed E-state index contributed by atoms with van der Waals surface area (Å²) in [6, 6.07) is 4.85. The quantitative estimate of drug-likeness (QED) is 0.812. The largest absolute Gasteiger partial charge is 0.506 e. The van der Waals surface area contributed by atoms with Crippen LogP contribution in [0.1, 0.15) is 6.42 Å². The second kappa shape index (κ2) is 4.49. The van der Waals surface area contributed by atoms with Gasteiger partial charge in [0.2, 0.25) is 5.91 Å². The second-order valence-corrected chi connectivity index (χ2v) is 4.06. The van der Waals surface area contributed by atoms with Crippen LogP contribution in [-0.4, -0.2) is 24.7 Å². The number of aromatic hydroxyl groups is 1. The van der Waals surface area contributed by atoms with Gasteiger partial charge in [-0.3, -0.25) is 4.79 Å². The summed E-state index contributed by atoms with van der Waals surface area (Å²) >= 11 is 0. The Labute approximate surface area is 100 Å². The Hall–Kier alpha value is -1.97. The van der Waals surface area contributed by atoms with E-state index in [-0.39, 0.29) is 17.6 Å². The van der Waals surface area contributed by atoms with E-state index in [2.05, 4.69) is 6.58 Å². The number of phenols is 1. The highest BCUT2D eigenvalue weighted by atomic mass is 16.5. The van der Waals surface area contributed by atoms with E-state index in [1.807, 2.05) is 0 Å². The third-order valence-corrected chi connectivity index (χ3v) is 2.96. The summed E-state index contributed by atoms with van der Waals surface area (Å²) in [7, 11) is 1.55. The third-order valence-electron chi connectivity index (χ3n) is 2.96. The van der Waals surface area contributed by atoms with Crippen LogP contribution in [0.2, 0.25) is 0 Å². The normalized spacial score (nSPS) is 19.5. The lowest BCUT2D eigenvalue weighted by atomic mass is 10.1. The molecule has 1 atom stereocenters. The van der Waals surface area contributed by atoms with Crippen LogP contribution < -0.4 is 9.64 Å². The molecule has 1 unspecified atom stereocenters. The first-order valence-electron chi connectivity index (χ1n) is 5.45. The fourth-order valence-corrected chi connectivity index (χ4v) is 1.97. The maximum atomic E-state index is 11.8. The molecule has 1 fully saturated rings. The molecule has 1 aromatic rings. The lowest BCUT2D eigenvalue weighted by Gasteiger charge is -2.18. The van der Waals surface area contributed by atoms with Crippen LogP contribution in [0.25, 0.3) is 0 Å². The lowest BCUT2D eigenvalue weighted by Crippen LogP contribution is -2.24. The van der Waals surface area contributed by atoms with E-state index in [0.717, 1.165) is 0 Å². The topological polar surface area (TPSA) is 49.8 Å². The molecule has 1 amide bonds. The maximum absolute atomic E-state index is 11.8. The van der Waals surface area contributed by atoms with Gasteiger partial charge in [0.15, 0.2) is 0 Å². The summed E-state index contributed by atoms with van der Waals surface area (Å²) in [4.78, 5) is 13.4. The minimum Gasteiger partial charge on any atom is -0.506 e. The fourth-order valence-electron chi connectivity index (χ4n) is 1.97. The van der Waals surface area contributed by atoms with Crippen molar-refractivity contribution in [3.05, 3.63) is 30.9 Å². The molecular weight excluding hydrogens is 218 g/mol. The molecule has 1 N–H and O–H groups in total. The van der Waals surface area contributed by atoms with Gasteiger partial charge in [-0.1, -0.05) is 6.08 Å². The van der Waals surface area contributed by atoms with Crippen molar-refractivity contribution in [3.8, 4) is 11.5 Å². The van der Waals surface area contributed by atoms with Crippen LogP contribution >= 0.6 is 0 Å². The highest BCUT2D eigenvalue weighted by Gasteiger charge is 2.30. The van der Waals surface area contributed by atoms with Crippen molar-refractivity contribution in [2.75, 3.05) is 18.6 Å². The minimum atomic E-state index is -0.00143. The summed E-state index contributed by atoms with van der Waals surface area (Å²) in [6.45, 7) is 4.25. The van der Waals surface area contributed by atoms with Crippen molar-refractivity contribution in [3.63, 3.8) is 0 Å². The first-order valence-corrected chi connectivity index (χ1v) is 5.45. The average Bonchev–Trinajstić information content (AvgIpc) is 2.71. The number of hydrogen-bond donors (Lipinski definition) is 1. The molecule has 1 aromatic carbocycles. The molecule has 4 nitrogen and oxygen atoms in total. The monoisotopic (exact) mass is 233 g/mol. The summed E-state index contributed by atoms with van der Waals surface area (Å²) in [6.07, 6.45) is 2.22. The number of rotatable bonds is 3. The molecule has 90 valence electrons. The number of benzene rings is 1. The molecule has 0 aromatic heterocycles. The summed E-state index contributed by atoms with van der Waals surface area (Å²) < 4.78 is 5.09. The summed E-state index contributed by atoms with van der Waals surface area (Å²) in [5.74, 6) is 0.850. The Morgan fingerprint density at radius 2 is 2.35 bits per heavy atom. The van der Waals surface area contributed by atoms with Gasteiger partial charge in [-0.2, -0.15) is 0 Å². The van der Waals surface area contributed by atoms with Gasteiger partial charge in [0, 0.05) is 24.9 Å². The van der Waals surface area contributed by atoms with Crippen LogP contribution in [0.15, 0.2) is 30.9 Å². The Morgan fingerprint density at radius 3 is 2.94 bits per heavy atom. The van der Waals surface area contributed by atoms with Crippen molar-refractivity contribution in [2.24, 2.45) is 5.92 Å². The zero-order valence-electron chi connectivity index (χ0n) is 9.72. The van der Waals surface area contributed by atoms with Gasteiger partial charge in [0.05, 0.1) is 12.8 Å². The molecule has 17 heavy (non-hydrogen) atoms. The molecular formula is C13H15NO3. The standard InChI is InChI=1S/C13H15NO3/c1-3-9-6-13(16)14(8-9)11-7-10(17-2)4-5-12(11)15/h3-5,7,9,15H,1,6,8H2,2H3. The van der Waals surface area contributed by atoms with E-state index in [9.17, 15) is 9.90 Å². The van der Waals surface area contributed by atoms with E-state index >= 15 is 0 Å². The number of phenolic OH excluding ortho intramolecular Hbond substituents is 1. The van der Waals surface area contributed by atoms with Gasteiger partial charge in [0.1, 0.15) is 11.5 Å². The number of amides is 1. The van der Waals surface area contributed by atoms with E-state index in [1.165, 1.54) is 6.07 Å². The predicted octanol–water partition coefficient (Wildman–Crippen LogP) is 1.94. The van der Waals surface area contributed by atoms with E-state index in [0.29, 0.717) is 24.4 Å². The number of carbonyl (C=O) groups is 1. The molecule has 0 aliphatic carbocycles.